The molecule has 0 bridgehead atoms. The Morgan fingerprint density at radius 1 is 1.22 bits per heavy atom. The molecule has 1 amide bonds. The Labute approximate surface area is 159 Å². The summed E-state index contributed by atoms with van der Waals surface area (Å²) in [4.78, 5) is 27.3. The van der Waals surface area contributed by atoms with E-state index in [0.29, 0.717) is 13.0 Å². The summed E-state index contributed by atoms with van der Waals surface area (Å²) in [6.45, 7) is 2.32. The molecule has 1 aromatic carbocycles. The molecule has 6 nitrogen and oxygen atoms in total. The molecule has 0 radical (unpaired) electrons. The highest BCUT2D eigenvalue weighted by Gasteiger charge is 2.24. The van der Waals surface area contributed by atoms with Crippen molar-refractivity contribution in [2.75, 3.05) is 19.7 Å². The van der Waals surface area contributed by atoms with E-state index in [0.717, 1.165) is 67.9 Å². The van der Waals surface area contributed by atoms with Gasteiger partial charge in [0.05, 0.1) is 12.6 Å². The molecular weight excluding hydrogens is 340 g/mol. The van der Waals surface area contributed by atoms with Gasteiger partial charge in [-0.3, -0.25) is 9.63 Å². The molecule has 142 valence electrons. The average molecular weight is 366 g/mol. The SMILES string of the molecule is O=C(CCN1CCCCO1)N[C@H]1CCCc2nc(-c3ccccc3)ncc21. The average Bonchev–Trinajstić information content (AvgIpc) is 2.73. The first-order valence-corrected chi connectivity index (χ1v) is 9.88. The molecule has 4 rings (SSSR count). The molecule has 2 aromatic rings. The summed E-state index contributed by atoms with van der Waals surface area (Å²) < 4.78 is 0. The molecule has 27 heavy (non-hydrogen) atoms. The Morgan fingerprint density at radius 3 is 2.93 bits per heavy atom. The number of benzene rings is 1. The van der Waals surface area contributed by atoms with E-state index in [9.17, 15) is 4.79 Å². The molecule has 1 aliphatic carbocycles. The number of hydrogen-bond donors (Lipinski definition) is 1. The molecule has 1 aromatic heterocycles. The molecule has 1 saturated heterocycles. The lowest BCUT2D eigenvalue weighted by molar-refractivity contribution is -0.181. The molecule has 0 unspecified atom stereocenters. The minimum atomic E-state index is 0.00773. The second kappa shape index (κ2) is 8.59. The number of fused-ring (bicyclic) bond motifs is 1. The zero-order valence-corrected chi connectivity index (χ0v) is 15.6. The Bertz CT molecular complexity index is 775. The van der Waals surface area contributed by atoms with Crippen LogP contribution >= 0.6 is 0 Å². The second-order valence-corrected chi connectivity index (χ2v) is 7.19. The van der Waals surface area contributed by atoms with E-state index in [-0.39, 0.29) is 11.9 Å². The van der Waals surface area contributed by atoms with Gasteiger partial charge in [0.15, 0.2) is 5.82 Å². The lowest BCUT2D eigenvalue weighted by Crippen LogP contribution is -2.36. The highest BCUT2D eigenvalue weighted by molar-refractivity contribution is 5.76. The zero-order valence-electron chi connectivity index (χ0n) is 15.6. The smallest absolute Gasteiger partial charge is 0.221 e. The van der Waals surface area contributed by atoms with Crippen molar-refractivity contribution in [2.24, 2.45) is 0 Å². The third-order valence-corrected chi connectivity index (χ3v) is 5.21. The van der Waals surface area contributed by atoms with E-state index >= 15 is 0 Å². The fourth-order valence-corrected chi connectivity index (χ4v) is 3.74. The zero-order chi connectivity index (χ0) is 18.5. The van der Waals surface area contributed by atoms with Gasteiger partial charge in [-0.1, -0.05) is 30.3 Å². The minimum absolute atomic E-state index is 0.00773. The van der Waals surface area contributed by atoms with Gasteiger partial charge in [-0.05, 0) is 32.1 Å². The summed E-state index contributed by atoms with van der Waals surface area (Å²) in [5.41, 5.74) is 3.14. The van der Waals surface area contributed by atoms with Crippen LogP contribution in [0.3, 0.4) is 0 Å². The molecule has 0 saturated carbocycles. The Morgan fingerprint density at radius 2 is 2.11 bits per heavy atom. The highest BCUT2D eigenvalue weighted by Crippen LogP contribution is 2.29. The fraction of sp³-hybridized carbons (Fsp3) is 0.476. The third-order valence-electron chi connectivity index (χ3n) is 5.21. The number of aromatic nitrogens is 2. The molecule has 1 atom stereocenters. The van der Waals surface area contributed by atoms with Crippen LogP contribution in [0.4, 0.5) is 0 Å². The molecule has 6 heteroatoms. The van der Waals surface area contributed by atoms with Crippen molar-refractivity contribution < 1.29 is 9.63 Å². The topological polar surface area (TPSA) is 67.3 Å². The maximum Gasteiger partial charge on any atom is 0.221 e. The van der Waals surface area contributed by atoms with Crippen LogP contribution in [0.1, 0.15) is 49.4 Å². The van der Waals surface area contributed by atoms with Crippen molar-refractivity contribution in [3.63, 3.8) is 0 Å². The van der Waals surface area contributed by atoms with Gasteiger partial charge in [0, 0.05) is 42.5 Å². The van der Waals surface area contributed by atoms with Crippen molar-refractivity contribution in [3.8, 4) is 11.4 Å². The first-order valence-electron chi connectivity index (χ1n) is 9.88. The van der Waals surface area contributed by atoms with Gasteiger partial charge >= 0.3 is 0 Å². The molecular formula is C21H26N4O2. The van der Waals surface area contributed by atoms with Crippen LogP contribution in [0.2, 0.25) is 0 Å². The normalized spacial score (nSPS) is 20.1. The first-order chi connectivity index (χ1) is 13.3. The van der Waals surface area contributed by atoms with Crippen LogP contribution in [0.5, 0.6) is 0 Å². The number of amides is 1. The van der Waals surface area contributed by atoms with Crippen molar-refractivity contribution in [1.29, 1.82) is 0 Å². The number of nitrogens with one attached hydrogen (secondary N) is 1. The van der Waals surface area contributed by atoms with Crippen molar-refractivity contribution in [2.45, 2.75) is 44.6 Å². The fourth-order valence-electron chi connectivity index (χ4n) is 3.74. The maximum atomic E-state index is 12.4. The minimum Gasteiger partial charge on any atom is -0.349 e. The molecule has 2 heterocycles. The summed E-state index contributed by atoms with van der Waals surface area (Å²) >= 11 is 0. The Hall–Kier alpha value is -2.31. The van der Waals surface area contributed by atoms with E-state index in [1.165, 1.54) is 0 Å². The number of carbonyl (C=O) groups is 1. The molecule has 1 aliphatic heterocycles. The number of hydroxylamine groups is 2. The predicted molar refractivity (Wildman–Crippen MR) is 103 cm³/mol. The van der Waals surface area contributed by atoms with Gasteiger partial charge in [-0.15, -0.1) is 0 Å². The number of rotatable bonds is 5. The van der Waals surface area contributed by atoms with Gasteiger partial charge < -0.3 is 5.32 Å². The van der Waals surface area contributed by atoms with Crippen molar-refractivity contribution in [3.05, 3.63) is 47.8 Å². The first kappa shape index (κ1) is 18.1. The van der Waals surface area contributed by atoms with Gasteiger partial charge in [0.2, 0.25) is 5.91 Å². The quantitative estimate of drug-likeness (QED) is 0.881. The van der Waals surface area contributed by atoms with Gasteiger partial charge in [-0.25, -0.2) is 9.97 Å². The number of aryl methyl sites for hydroxylation is 1. The third kappa shape index (κ3) is 4.51. The molecule has 0 spiro atoms. The summed E-state index contributed by atoms with van der Waals surface area (Å²) in [6, 6.07) is 10.0. The van der Waals surface area contributed by atoms with Crippen LogP contribution < -0.4 is 5.32 Å². The Kier molecular flexibility index (Phi) is 5.75. The summed E-state index contributed by atoms with van der Waals surface area (Å²) in [5.74, 6) is 0.817. The van der Waals surface area contributed by atoms with Crippen molar-refractivity contribution in [1.82, 2.24) is 20.3 Å². The Balaban J connectivity index is 1.40. The van der Waals surface area contributed by atoms with E-state index in [2.05, 4.69) is 10.3 Å². The lowest BCUT2D eigenvalue weighted by atomic mass is 9.92. The van der Waals surface area contributed by atoms with Gasteiger partial charge in [0.25, 0.3) is 0 Å². The van der Waals surface area contributed by atoms with E-state index in [1.54, 1.807) is 0 Å². The monoisotopic (exact) mass is 366 g/mol. The van der Waals surface area contributed by atoms with E-state index in [1.807, 2.05) is 41.6 Å². The molecule has 2 aliphatic rings. The maximum absolute atomic E-state index is 12.4. The van der Waals surface area contributed by atoms with Crippen LogP contribution in [0, 0.1) is 0 Å². The predicted octanol–water partition coefficient (Wildman–Crippen LogP) is 3.05. The van der Waals surface area contributed by atoms with Gasteiger partial charge in [-0.2, -0.15) is 5.06 Å². The van der Waals surface area contributed by atoms with E-state index in [4.69, 9.17) is 9.82 Å². The van der Waals surface area contributed by atoms with E-state index < -0.39 is 0 Å². The number of carbonyl (C=O) groups excluding carboxylic acids is 1. The summed E-state index contributed by atoms with van der Waals surface area (Å²) in [6.07, 6.45) is 7.49. The molecule has 1 fully saturated rings. The number of hydrogen-bond acceptors (Lipinski definition) is 5. The van der Waals surface area contributed by atoms with Crippen LogP contribution in [0.25, 0.3) is 11.4 Å². The van der Waals surface area contributed by atoms with Crippen molar-refractivity contribution >= 4 is 5.91 Å². The summed E-state index contributed by atoms with van der Waals surface area (Å²) in [7, 11) is 0. The largest absolute Gasteiger partial charge is 0.349 e. The summed E-state index contributed by atoms with van der Waals surface area (Å²) in [5, 5.41) is 5.08. The second-order valence-electron chi connectivity index (χ2n) is 7.19. The van der Waals surface area contributed by atoms with Crippen LogP contribution in [-0.4, -0.2) is 40.6 Å². The van der Waals surface area contributed by atoms with Crippen LogP contribution in [0.15, 0.2) is 36.5 Å². The molecule has 1 N–H and O–H groups in total. The standard InChI is InChI=1S/C21H26N4O2/c26-20(11-13-25-12-4-5-14-27-25)23-18-9-6-10-19-17(18)15-22-21(24-19)16-7-2-1-3-8-16/h1-3,7-8,15,18H,4-6,9-14H2,(H,23,26)/t18-/m0/s1. The lowest BCUT2D eigenvalue weighted by Gasteiger charge is -2.27. The number of nitrogens with zero attached hydrogens (tertiary/aromatic N) is 3. The van der Waals surface area contributed by atoms with Gasteiger partial charge in [0.1, 0.15) is 0 Å². The highest BCUT2D eigenvalue weighted by atomic mass is 16.7. The van der Waals surface area contributed by atoms with Crippen LogP contribution in [-0.2, 0) is 16.1 Å².